The highest BCUT2D eigenvalue weighted by Gasteiger charge is 2.32. The summed E-state index contributed by atoms with van der Waals surface area (Å²) in [5.41, 5.74) is 0.598. The van der Waals surface area contributed by atoms with Gasteiger partial charge in [-0.05, 0) is 42.3 Å². The number of amides is 1. The predicted octanol–water partition coefficient (Wildman–Crippen LogP) is 4.96. The zero-order valence-electron chi connectivity index (χ0n) is 16.6. The average Bonchev–Trinajstić information content (AvgIpc) is 2.74. The van der Waals surface area contributed by atoms with E-state index in [2.05, 4.69) is 14.8 Å². The molecule has 0 fully saturated rings. The zero-order chi connectivity index (χ0) is 23.2. The van der Waals surface area contributed by atoms with Crippen molar-refractivity contribution in [2.24, 2.45) is 0 Å². The van der Waals surface area contributed by atoms with Gasteiger partial charge in [0.2, 0.25) is 5.91 Å². The number of anilines is 2. The fourth-order valence-corrected chi connectivity index (χ4v) is 3.98. The summed E-state index contributed by atoms with van der Waals surface area (Å²) >= 11 is 0. The normalized spacial score (nSPS) is 11.6. The van der Waals surface area contributed by atoms with Gasteiger partial charge < -0.3 is 10.1 Å². The minimum absolute atomic E-state index is 0.00397. The minimum atomic E-state index is -4.84. The molecule has 0 aromatic heterocycles. The summed E-state index contributed by atoms with van der Waals surface area (Å²) < 4.78 is 69.2. The maximum Gasteiger partial charge on any atom is 0.573 e. The van der Waals surface area contributed by atoms with Gasteiger partial charge in [-0.15, -0.1) is 13.2 Å². The molecule has 0 unspecified atom stereocenters. The number of aryl methyl sites for hydroxylation is 1. The fraction of sp³-hybridized carbons (Fsp3) is 0.136. The molecule has 0 radical (unpaired) electrons. The number of carbonyl (C=O) groups is 1. The van der Waals surface area contributed by atoms with Gasteiger partial charge in [0.1, 0.15) is 5.75 Å². The van der Waals surface area contributed by atoms with Gasteiger partial charge in [-0.3, -0.25) is 9.52 Å². The molecule has 0 atom stereocenters. The number of rotatable bonds is 8. The summed E-state index contributed by atoms with van der Waals surface area (Å²) in [6, 6.07) is 19.5. The van der Waals surface area contributed by atoms with Crippen molar-refractivity contribution in [3.63, 3.8) is 0 Å². The van der Waals surface area contributed by atoms with Crippen LogP contribution < -0.4 is 14.8 Å². The highest BCUT2D eigenvalue weighted by Crippen LogP contribution is 2.28. The number of carbonyl (C=O) groups excluding carboxylic acids is 1. The first-order chi connectivity index (χ1) is 15.1. The van der Waals surface area contributed by atoms with E-state index in [0.29, 0.717) is 0 Å². The highest BCUT2D eigenvalue weighted by atomic mass is 32.2. The molecule has 0 heterocycles. The Labute approximate surface area is 183 Å². The molecule has 0 saturated carbocycles. The Morgan fingerprint density at radius 3 is 2.12 bits per heavy atom. The summed E-state index contributed by atoms with van der Waals surface area (Å²) in [6.45, 7) is 0. The summed E-state index contributed by atoms with van der Waals surface area (Å²) in [5, 5.41) is 2.59. The van der Waals surface area contributed by atoms with E-state index in [1.165, 1.54) is 42.5 Å². The van der Waals surface area contributed by atoms with Crippen molar-refractivity contribution in [3.8, 4) is 5.75 Å². The first-order valence-corrected chi connectivity index (χ1v) is 10.9. The van der Waals surface area contributed by atoms with Crippen LogP contribution in [0.1, 0.15) is 12.0 Å². The Hall–Kier alpha value is -3.53. The Morgan fingerprint density at radius 2 is 1.44 bits per heavy atom. The molecule has 168 valence electrons. The second-order valence-corrected chi connectivity index (χ2v) is 8.35. The lowest BCUT2D eigenvalue weighted by Gasteiger charge is -2.15. The molecule has 1 amide bonds. The molecule has 0 aliphatic heterocycles. The van der Waals surface area contributed by atoms with Gasteiger partial charge in [0.25, 0.3) is 10.0 Å². The Bertz CT molecular complexity index is 1180. The van der Waals surface area contributed by atoms with Crippen molar-refractivity contribution in [2.45, 2.75) is 24.1 Å². The van der Waals surface area contributed by atoms with E-state index in [-0.39, 0.29) is 40.4 Å². The van der Waals surface area contributed by atoms with Crippen molar-refractivity contribution in [2.75, 3.05) is 10.0 Å². The van der Waals surface area contributed by atoms with Gasteiger partial charge >= 0.3 is 6.36 Å². The van der Waals surface area contributed by atoms with Crippen molar-refractivity contribution in [1.82, 2.24) is 0 Å². The van der Waals surface area contributed by atoms with Crippen molar-refractivity contribution < 1.29 is 31.1 Å². The molecule has 0 aliphatic rings. The van der Waals surface area contributed by atoms with Crippen molar-refractivity contribution in [1.29, 1.82) is 0 Å². The van der Waals surface area contributed by atoms with E-state index in [9.17, 15) is 26.4 Å². The number of para-hydroxylation sites is 3. The molecule has 0 bridgehead atoms. The number of hydrogen-bond donors (Lipinski definition) is 2. The van der Waals surface area contributed by atoms with Crippen LogP contribution >= 0.6 is 0 Å². The maximum absolute atomic E-state index is 12.6. The SMILES string of the molecule is O=C(CCc1ccccc1OC(F)(F)F)Nc1ccccc1NS(=O)(=O)c1ccccc1. The van der Waals surface area contributed by atoms with Crippen LogP contribution in [-0.4, -0.2) is 20.7 Å². The Balaban J connectivity index is 1.69. The monoisotopic (exact) mass is 464 g/mol. The lowest BCUT2D eigenvalue weighted by Crippen LogP contribution is -2.19. The van der Waals surface area contributed by atoms with Gasteiger partial charge in [0, 0.05) is 6.42 Å². The second-order valence-electron chi connectivity index (χ2n) is 6.67. The molecule has 0 saturated heterocycles. The van der Waals surface area contributed by atoms with Crippen molar-refractivity contribution >= 4 is 27.3 Å². The van der Waals surface area contributed by atoms with Crippen LogP contribution in [0.2, 0.25) is 0 Å². The number of benzene rings is 3. The van der Waals surface area contributed by atoms with E-state index >= 15 is 0 Å². The molecule has 3 aromatic rings. The third-order valence-electron chi connectivity index (χ3n) is 4.32. The van der Waals surface area contributed by atoms with E-state index < -0.39 is 22.3 Å². The zero-order valence-corrected chi connectivity index (χ0v) is 17.4. The lowest BCUT2D eigenvalue weighted by atomic mass is 10.1. The first kappa shape index (κ1) is 23.1. The number of alkyl halides is 3. The smallest absolute Gasteiger partial charge is 0.406 e. The van der Waals surface area contributed by atoms with Gasteiger partial charge in [-0.1, -0.05) is 48.5 Å². The average molecular weight is 464 g/mol. The van der Waals surface area contributed by atoms with Crippen molar-refractivity contribution in [3.05, 3.63) is 84.4 Å². The van der Waals surface area contributed by atoms with E-state index in [1.54, 1.807) is 36.4 Å². The van der Waals surface area contributed by atoms with Gasteiger partial charge in [-0.2, -0.15) is 0 Å². The van der Waals surface area contributed by atoms with Gasteiger partial charge in [0.15, 0.2) is 0 Å². The van der Waals surface area contributed by atoms with Crippen LogP contribution in [0.5, 0.6) is 5.75 Å². The van der Waals surface area contributed by atoms with Crippen LogP contribution in [0, 0.1) is 0 Å². The number of nitrogens with one attached hydrogen (secondary N) is 2. The Morgan fingerprint density at radius 1 is 0.844 bits per heavy atom. The summed E-state index contributed by atoms with van der Waals surface area (Å²) in [6.07, 6.45) is -4.98. The lowest BCUT2D eigenvalue weighted by molar-refractivity contribution is -0.274. The van der Waals surface area contributed by atoms with E-state index in [0.717, 1.165) is 0 Å². The molecule has 32 heavy (non-hydrogen) atoms. The molecule has 3 rings (SSSR count). The van der Waals surface area contributed by atoms with Gasteiger partial charge in [0.05, 0.1) is 16.3 Å². The molecular weight excluding hydrogens is 445 g/mol. The summed E-state index contributed by atoms with van der Waals surface area (Å²) in [4.78, 5) is 12.5. The van der Waals surface area contributed by atoms with Crippen LogP contribution in [0.15, 0.2) is 83.8 Å². The topological polar surface area (TPSA) is 84.5 Å². The largest absolute Gasteiger partial charge is 0.573 e. The van der Waals surface area contributed by atoms with Crippen LogP contribution in [0.4, 0.5) is 24.5 Å². The summed E-state index contributed by atoms with van der Waals surface area (Å²) in [5.74, 6) is -0.873. The molecule has 2 N–H and O–H groups in total. The second kappa shape index (κ2) is 9.73. The molecule has 0 spiro atoms. The standard InChI is InChI=1S/C22H19F3N2O4S/c23-22(24,25)31-20-13-7-4-8-16(20)14-15-21(28)26-18-11-5-6-12-19(18)27-32(29,30)17-9-2-1-3-10-17/h1-13,27H,14-15H2,(H,26,28). The highest BCUT2D eigenvalue weighted by molar-refractivity contribution is 7.92. The van der Waals surface area contributed by atoms with Crippen LogP contribution in [0.25, 0.3) is 0 Å². The predicted molar refractivity (Wildman–Crippen MR) is 114 cm³/mol. The van der Waals surface area contributed by atoms with E-state index in [4.69, 9.17) is 0 Å². The summed E-state index contributed by atoms with van der Waals surface area (Å²) in [7, 11) is -3.87. The molecular formula is C22H19F3N2O4S. The Kier molecular flexibility index (Phi) is 7.04. The fourth-order valence-electron chi connectivity index (χ4n) is 2.88. The number of ether oxygens (including phenoxy) is 1. The number of sulfonamides is 1. The first-order valence-electron chi connectivity index (χ1n) is 9.44. The van der Waals surface area contributed by atoms with Crippen LogP contribution in [0.3, 0.4) is 0 Å². The number of hydrogen-bond acceptors (Lipinski definition) is 4. The third-order valence-corrected chi connectivity index (χ3v) is 5.70. The van der Waals surface area contributed by atoms with E-state index in [1.807, 2.05) is 0 Å². The molecule has 6 nitrogen and oxygen atoms in total. The molecule has 10 heteroatoms. The third kappa shape index (κ3) is 6.48. The van der Waals surface area contributed by atoms with Crippen LogP contribution in [-0.2, 0) is 21.2 Å². The maximum atomic E-state index is 12.6. The molecule has 0 aliphatic carbocycles. The quantitative estimate of drug-likeness (QED) is 0.494. The van der Waals surface area contributed by atoms with Gasteiger partial charge in [-0.25, -0.2) is 8.42 Å². The number of halogens is 3. The molecule has 3 aromatic carbocycles. The minimum Gasteiger partial charge on any atom is -0.406 e.